The Morgan fingerprint density at radius 2 is 1.27 bits per heavy atom. The van der Waals surface area contributed by atoms with Gasteiger partial charge in [-0.05, 0) is 42.9 Å². The highest BCUT2D eigenvalue weighted by molar-refractivity contribution is 7.39. The van der Waals surface area contributed by atoms with Gasteiger partial charge < -0.3 is 14.3 Å². The summed E-state index contributed by atoms with van der Waals surface area (Å²) in [4.78, 5) is 18.6. The lowest BCUT2D eigenvalue weighted by atomic mass is 9.95. The molecular formula is C22H39O3P. The number of hydrogen-bond donors (Lipinski definition) is 2. The Kier molecular flexibility index (Phi) is 13.9. The van der Waals surface area contributed by atoms with Crippen molar-refractivity contribution in [2.75, 3.05) is 0 Å². The second-order valence-electron chi connectivity index (χ2n) is 7.27. The molecule has 2 N–H and O–H groups in total. The molecule has 26 heavy (non-hydrogen) atoms. The van der Waals surface area contributed by atoms with Crippen molar-refractivity contribution in [1.29, 1.82) is 0 Å². The topological polar surface area (TPSA) is 49.7 Å². The summed E-state index contributed by atoms with van der Waals surface area (Å²) >= 11 is 0. The van der Waals surface area contributed by atoms with Gasteiger partial charge in [0.1, 0.15) is 5.75 Å². The highest BCUT2D eigenvalue weighted by Crippen LogP contribution is 2.34. The number of hydrogen-bond acceptors (Lipinski definition) is 3. The minimum Gasteiger partial charge on any atom is -0.427 e. The predicted octanol–water partition coefficient (Wildman–Crippen LogP) is 7.08. The molecule has 1 aromatic rings. The normalized spacial score (nSPS) is 11.3. The largest absolute Gasteiger partial charge is 0.427 e. The van der Waals surface area contributed by atoms with E-state index in [-0.39, 0.29) is 0 Å². The van der Waals surface area contributed by atoms with Crippen molar-refractivity contribution >= 4 is 8.60 Å². The summed E-state index contributed by atoms with van der Waals surface area (Å²) in [5, 5.41) is 0. The van der Waals surface area contributed by atoms with Crippen molar-refractivity contribution in [2.45, 2.75) is 104 Å². The molecule has 1 aromatic carbocycles. The lowest BCUT2D eigenvalue weighted by Crippen LogP contribution is -2.00. The molecule has 1 rings (SSSR count). The van der Waals surface area contributed by atoms with E-state index in [0.717, 1.165) is 19.3 Å². The van der Waals surface area contributed by atoms with Gasteiger partial charge in [-0.3, -0.25) is 0 Å². The van der Waals surface area contributed by atoms with Crippen LogP contribution >= 0.6 is 8.60 Å². The van der Waals surface area contributed by atoms with Gasteiger partial charge in [0.05, 0.1) is 0 Å². The van der Waals surface area contributed by atoms with Gasteiger partial charge in [0, 0.05) is 0 Å². The first-order chi connectivity index (χ1) is 12.7. The summed E-state index contributed by atoms with van der Waals surface area (Å²) in [7, 11) is -2.35. The fourth-order valence-electron chi connectivity index (χ4n) is 3.48. The lowest BCUT2D eigenvalue weighted by molar-refractivity contribution is 0.373. The van der Waals surface area contributed by atoms with E-state index in [1.54, 1.807) is 0 Å². The molecule has 0 radical (unpaired) electrons. The predicted molar refractivity (Wildman–Crippen MR) is 113 cm³/mol. The Balaban J connectivity index is 2.57. The number of aryl methyl sites for hydroxylation is 1. The van der Waals surface area contributed by atoms with Crippen molar-refractivity contribution in [3.05, 3.63) is 29.3 Å². The van der Waals surface area contributed by atoms with E-state index in [4.69, 9.17) is 4.52 Å². The standard InChI is InChI=1S/C22H39O3P/c1-3-5-7-9-11-13-16-20-17-15-19-22(25-26(23)24)21(20)18-14-12-10-8-6-4-2/h15,17,19,23-24H,3-14,16,18H2,1-2H3. The van der Waals surface area contributed by atoms with Crippen molar-refractivity contribution in [1.82, 2.24) is 0 Å². The second kappa shape index (κ2) is 15.4. The molecule has 0 saturated heterocycles. The van der Waals surface area contributed by atoms with Crippen LogP contribution in [-0.2, 0) is 12.8 Å². The third-order valence-corrected chi connectivity index (χ3v) is 5.35. The zero-order valence-electron chi connectivity index (χ0n) is 16.9. The first-order valence-corrected chi connectivity index (χ1v) is 11.8. The highest BCUT2D eigenvalue weighted by Gasteiger charge is 2.12. The summed E-state index contributed by atoms with van der Waals surface area (Å²) in [5.74, 6) is 0.665. The van der Waals surface area contributed by atoms with E-state index in [9.17, 15) is 9.79 Å². The molecule has 0 atom stereocenters. The van der Waals surface area contributed by atoms with Crippen LogP contribution in [-0.4, -0.2) is 9.79 Å². The summed E-state index contributed by atoms with van der Waals surface area (Å²) in [6.45, 7) is 4.49. The molecule has 150 valence electrons. The van der Waals surface area contributed by atoms with E-state index in [2.05, 4.69) is 19.9 Å². The van der Waals surface area contributed by atoms with Gasteiger partial charge in [-0.2, -0.15) is 0 Å². The van der Waals surface area contributed by atoms with Gasteiger partial charge in [0.15, 0.2) is 0 Å². The summed E-state index contributed by atoms with van der Waals surface area (Å²) in [5.41, 5.74) is 2.51. The number of unbranched alkanes of at least 4 members (excludes halogenated alkanes) is 10. The molecule has 3 nitrogen and oxygen atoms in total. The van der Waals surface area contributed by atoms with Gasteiger partial charge in [0.25, 0.3) is 0 Å². The molecule has 0 aliphatic heterocycles. The van der Waals surface area contributed by atoms with E-state index in [1.807, 2.05) is 12.1 Å². The van der Waals surface area contributed by atoms with E-state index >= 15 is 0 Å². The molecule has 0 aliphatic carbocycles. The Morgan fingerprint density at radius 1 is 0.731 bits per heavy atom. The van der Waals surface area contributed by atoms with Crippen LogP contribution in [0.1, 0.15) is 102 Å². The maximum atomic E-state index is 9.28. The molecule has 0 unspecified atom stereocenters. The molecular weight excluding hydrogens is 343 g/mol. The third-order valence-electron chi connectivity index (χ3n) is 4.99. The number of rotatable bonds is 16. The molecule has 0 saturated carbocycles. The molecule has 4 heteroatoms. The molecule has 0 bridgehead atoms. The van der Waals surface area contributed by atoms with E-state index in [1.165, 1.54) is 81.8 Å². The van der Waals surface area contributed by atoms with E-state index < -0.39 is 8.60 Å². The fraction of sp³-hybridized carbons (Fsp3) is 0.727. The Labute approximate surface area is 162 Å². The SMILES string of the molecule is CCCCCCCCc1cccc(OP(O)O)c1CCCCCCCC. The third kappa shape index (κ3) is 10.5. The van der Waals surface area contributed by atoms with Crippen LogP contribution in [0.2, 0.25) is 0 Å². The Hall–Kier alpha value is -0.630. The van der Waals surface area contributed by atoms with Crippen LogP contribution < -0.4 is 4.52 Å². The van der Waals surface area contributed by atoms with Crippen molar-refractivity contribution < 1.29 is 14.3 Å². The van der Waals surface area contributed by atoms with Crippen molar-refractivity contribution in [3.8, 4) is 5.75 Å². The van der Waals surface area contributed by atoms with Gasteiger partial charge >= 0.3 is 8.60 Å². The van der Waals surface area contributed by atoms with Gasteiger partial charge in [0.2, 0.25) is 0 Å². The first kappa shape index (κ1) is 23.4. The fourth-order valence-corrected chi connectivity index (χ4v) is 3.83. The highest BCUT2D eigenvalue weighted by atomic mass is 31.2. The zero-order chi connectivity index (χ0) is 19.0. The smallest absolute Gasteiger partial charge is 0.391 e. The average Bonchev–Trinajstić information content (AvgIpc) is 2.62. The van der Waals surface area contributed by atoms with Crippen LogP contribution in [0.5, 0.6) is 5.75 Å². The quantitative estimate of drug-likeness (QED) is 0.237. The van der Waals surface area contributed by atoms with Gasteiger partial charge in [-0.25, -0.2) is 0 Å². The molecule has 0 fully saturated rings. The van der Waals surface area contributed by atoms with Crippen molar-refractivity contribution in [2.24, 2.45) is 0 Å². The number of benzene rings is 1. The maximum absolute atomic E-state index is 9.28. The minimum absolute atomic E-state index is 0.665. The monoisotopic (exact) mass is 382 g/mol. The van der Waals surface area contributed by atoms with Crippen LogP contribution in [0.3, 0.4) is 0 Å². The molecule has 0 heterocycles. The molecule has 0 aromatic heterocycles. The second-order valence-corrected chi connectivity index (χ2v) is 7.96. The van der Waals surface area contributed by atoms with Crippen LogP contribution in [0.15, 0.2) is 18.2 Å². The lowest BCUT2D eigenvalue weighted by Gasteiger charge is -2.16. The van der Waals surface area contributed by atoms with Crippen LogP contribution in [0.25, 0.3) is 0 Å². The maximum Gasteiger partial charge on any atom is 0.391 e. The summed E-state index contributed by atoms with van der Waals surface area (Å²) in [6.07, 6.45) is 17.3. The Morgan fingerprint density at radius 3 is 1.85 bits per heavy atom. The average molecular weight is 383 g/mol. The summed E-state index contributed by atoms with van der Waals surface area (Å²) < 4.78 is 5.32. The van der Waals surface area contributed by atoms with Gasteiger partial charge in [-0.1, -0.05) is 90.2 Å². The Bertz CT molecular complexity index is 463. The van der Waals surface area contributed by atoms with Gasteiger partial charge in [-0.15, -0.1) is 0 Å². The minimum atomic E-state index is -2.35. The first-order valence-electron chi connectivity index (χ1n) is 10.7. The molecule has 0 spiro atoms. The summed E-state index contributed by atoms with van der Waals surface area (Å²) in [6, 6.07) is 6.03. The zero-order valence-corrected chi connectivity index (χ0v) is 17.8. The van der Waals surface area contributed by atoms with Crippen LogP contribution in [0, 0.1) is 0 Å². The molecule has 0 aliphatic rings. The molecule has 0 amide bonds. The van der Waals surface area contributed by atoms with E-state index in [0.29, 0.717) is 5.75 Å². The van der Waals surface area contributed by atoms with Crippen molar-refractivity contribution in [3.63, 3.8) is 0 Å². The van der Waals surface area contributed by atoms with Crippen LogP contribution in [0.4, 0.5) is 0 Å².